The van der Waals surface area contributed by atoms with Gasteiger partial charge in [0.05, 0.1) is 13.7 Å². The van der Waals surface area contributed by atoms with E-state index in [1.54, 1.807) is 19.2 Å². The highest BCUT2D eigenvalue weighted by Crippen LogP contribution is 2.32. The minimum atomic E-state index is -0.851. The molecule has 2 aromatic rings. The fraction of sp³-hybridized carbons (Fsp3) is 0.481. The van der Waals surface area contributed by atoms with E-state index in [9.17, 15) is 9.59 Å². The van der Waals surface area contributed by atoms with Crippen LogP contribution < -0.4 is 19.5 Å². The predicted octanol–water partition coefficient (Wildman–Crippen LogP) is 4.48. The predicted molar refractivity (Wildman–Crippen MR) is 134 cm³/mol. The Balaban J connectivity index is 1.60. The van der Waals surface area contributed by atoms with E-state index < -0.39 is 12.1 Å². The van der Waals surface area contributed by atoms with Crippen LogP contribution in [0.5, 0.6) is 17.2 Å². The summed E-state index contributed by atoms with van der Waals surface area (Å²) in [5, 5.41) is 3.22. The second-order valence-corrected chi connectivity index (χ2v) is 9.32. The van der Waals surface area contributed by atoms with Crippen LogP contribution in [0, 0.1) is 0 Å². The zero-order chi connectivity index (χ0) is 24.6. The minimum Gasteiger partial charge on any atom is -0.497 e. The van der Waals surface area contributed by atoms with E-state index in [-0.39, 0.29) is 36.9 Å². The second-order valence-electron chi connectivity index (χ2n) is 9.05. The minimum absolute atomic E-state index is 0.0971. The molecule has 0 aromatic heterocycles. The van der Waals surface area contributed by atoms with Gasteiger partial charge in [-0.25, -0.2) is 0 Å². The lowest BCUT2D eigenvalue weighted by Crippen LogP contribution is -2.51. The molecule has 2 aromatic carbocycles. The summed E-state index contributed by atoms with van der Waals surface area (Å²) >= 11 is 6.03. The third kappa shape index (κ3) is 6.40. The van der Waals surface area contributed by atoms with Gasteiger partial charge in [-0.2, -0.15) is 0 Å². The van der Waals surface area contributed by atoms with Crippen molar-refractivity contribution in [3.8, 4) is 17.2 Å². The molecule has 0 bridgehead atoms. The molecule has 0 unspecified atom stereocenters. The van der Waals surface area contributed by atoms with Gasteiger partial charge in [-0.05, 0) is 42.7 Å². The number of nitrogens with one attached hydrogen (secondary N) is 1. The van der Waals surface area contributed by atoms with E-state index in [0.29, 0.717) is 22.8 Å². The number of hydrogen-bond acceptors (Lipinski definition) is 5. The number of para-hydroxylation sites is 2. The fourth-order valence-electron chi connectivity index (χ4n) is 4.76. The summed E-state index contributed by atoms with van der Waals surface area (Å²) in [7, 11) is 1.59. The molecule has 0 saturated heterocycles. The SMILES string of the molecule is COc1ccc([C@@H](C(=O)NC2CCCCCC2)N(C[C@@H]2COc3ccccc3O2)C(=O)CCl)cc1. The maximum Gasteiger partial charge on any atom is 0.247 e. The number of alkyl halides is 1. The lowest BCUT2D eigenvalue weighted by Gasteiger charge is -2.36. The molecule has 0 radical (unpaired) electrons. The molecule has 7 nitrogen and oxygen atoms in total. The first-order valence-electron chi connectivity index (χ1n) is 12.3. The van der Waals surface area contributed by atoms with E-state index in [0.717, 1.165) is 25.7 Å². The molecular formula is C27H33ClN2O5. The number of rotatable bonds is 8. The van der Waals surface area contributed by atoms with Gasteiger partial charge in [0, 0.05) is 6.04 Å². The first-order valence-corrected chi connectivity index (χ1v) is 12.8. The largest absolute Gasteiger partial charge is 0.497 e. The Hall–Kier alpha value is -2.93. The van der Waals surface area contributed by atoms with E-state index in [4.69, 9.17) is 25.8 Å². The quantitative estimate of drug-likeness (QED) is 0.427. The molecule has 1 N–H and O–H groups in total. The first kappa shape index (κ1) is 25.2. The summed E-state index contributed by atoms with van der Waals surface area (Å²) < 4.78 is 17.3. The Kier molecular flexibility index (Phi) is 8.74. The summed E-state index contributed by atoms with van der Waals surface area (Å²) in [6.45, 7) is 0.428. The number of hydrogen-bond donors (Lipinski definition) is 1. The number of amides is 2. The summed E-state index contributed by atoms with van der Waals surface area (Å²) in [6.07, 6.45) is 6.01. The summed E-state index contributed by atoms with van der Waals surface area (Å²) in [5.41, 5.74) is 0.688. The number of nitrogens with zero attached hydrogens (tertiary/aromatic N) is 1. The number of carbonyl (C=O) groups excluding carboxylic acids is 2. The molecule has 8 heteroatoms. The highest BCUT2D eigenvalue weighted by Gasteiger charge is 2.35. The lowest BCUT2D eigenvalue weighted by molar-refractivity contribution is -0.141. The van der Waals surface area contributed by atoms with Gasteiger partial charge in [0.25, 0.3) is 0 Å². The molecule has 4 rings (SSSR count). The molecule has 1 fully saturated rings. The van der Waals surface area contributed by atoms with Crippen LogP contribution in [0.1, 0.15) is 50.1 Å². The van der Waals surface area contributed by atoms with Gasteiger partial charge in [-0.3, -0.25) is 9.59 Å². The van der Waals surface area contributed by atoms with E-state index >= 15 is 0 Å². The second kappa shape index (κ2) is 12.2. The first-order chi connectivity index (χ1) is 17.1. The van der Waals surface area contributed by atoms with Crippen molar-refractivity contribution in [2.24, 2.45) is 0 Å². The van der Waals surface area contributed by atoms with Gasteiger partial charge < -0.3 is 24.4 Å². The number of halogens is 1. The number of benzene rings is 2. The van der Waals surface area contributed by atoms with Crippen LogP contribution in [0.2, 0.25) is 0 Å². The van der Waals surface area contributed by atoms with Crippen molar-refractivity contribution < 1.29 is 23.8 Å². The number of methoxy groups -OCH3 is 1. The Morgan fingerprint density at radius 3 is 2.40 bits per heavy atom. The van der Waals surface area contributed by atoms with Crippen LogP contribution in [-0.4, -0.2) is 55.0 Å². The van der Waals surface area contributed by atoms with E-state index in [2.05, 4.69) is 5.32 Å². The molecule has 2 aliphatic rings. The molecule has 1 aliphatic carbocycles. The van der Waals surface area contributed by atoms with Gasteiger partial charge in [-0.1, -0.05) is 49.9 Å². The maximum atomic E-state index is 13.7. The van der Waals surface area contributed by atoms with Gasteiger partial charge in [-0.15, -0.1) is 11.6 Å². The highest BCUT2D eigenvalue weighted by atomic mass is 35.5. The van der Waals surface area contributed by atoms with Crippen LogP contribution in [0.3, 0.4) is 0 Å². The molecule has 188 valence electrons. The number of ether oxygens (including phenoxy) is 3. The third-order valence-electron chi connectivity index (χ3n) is 6.60. The van der Waals surface area contributed by atoms with E-state index in [1.807, 2.05) is 36.4 Å². The molecule has 2 amide bonds. The van der Waals surface area contributed by atoms with E-state index in [1.165, 1.54) is 17.7 Å². The van der Waals surface area contributed by atoms with Crippen molar-refractivity contribution in [2.45, 2.75) is 56.7 Å². The molecule has 0 spiro atoms. The maximum absolute atomic E-state index is 13.7. The molecule has 1 aliphatic heterocycles. The number of carbonyl (C=O) groups is 2. The lowest BCUT2D eigenvalue weighted by atomic mass is 10.0. The van der Waals surface area contributed by atoms with Crippen molar-refractivity contribution in [2.75, 3.05) is 26.1 Å². The Morgan fingerprint density at radius 1 is 1.06 bits per heavy atom. The summed E-state index contributed by atoms with van der Waals surface area (Å²) in [4.78, 5) is 28.4. The Morgan fingerprint density at radius 2 is 1.74 bits per heavy atom. The average molecular weight is 501 g/mol. The normalized spacial score (nSPS) is 18.7. The Labute approximate surface area is 211 Å². The standard InChI is InChI=1S/C27H33ClN2O5/c1-33-21-14-12-19(13-15-21)26(27(32)29-20-8-4-2-3-5-9-20)30(25(31)16-28)17-22-18-34-23-10-6-7-11-24(23)35-22/h6-7,10-15,20,22,26H,2-5,8-9,16-18H2,1H3,(H,29,32)/t22-,26+/m1/s1. The molecule has 1 heterocycles. The fourth-order valence-corrected chi connectivity index (χ4v) is 4.92. The third-order valence-corrected chi connectivity index (χ3v) is 6.82. The van der Waals surface area contributed by atoms with Crippen molar-refractivity contribution in [1.29, 1.82) is 0 Å². The van der Waals surface area contributed by atoms with Crippen molar-refractivity contribution in [3.63, 3.8) is 0 Å². The molecular weight excluding hydrogens is 468 g/mol. The molecule has 1 saturated carbocycles. The van der Waals surface area contributed by atoms with Crippen molar-refractivity contribution in [1.82, 2.24) is 10.2 Å². The summed E-state index contributed by atoms with van der Waals surface area (Å²) in [5.74, 6) is 1.16. The van der Waals surface area contributed by atoms with Crippen LogP contribution in [0.15, 0.2) is 48.5 Å². The highest BCUT2D eigenvalue weighted by molar-refractivity contribution is 6.27. The monoisotopic (exact) mass is 500 g/mol. The number of fused-ring (bicyclic) bond motifs is 1. The van der Waals surface area contributed by atoms with Crippen LogP contribution in [0.25, 0.3) is 0 Å². The van der Waals surface area contributed by atoms with Crippen LogP contribution in [-0.2, 0) is 9.59 Å². The van der Waals surface area contributed by atoms with Gasteiger partial charge in [0.1, 0.15) is 24.3 Å². The van der Waals surface area contributed by atoms with Crippen molar-refractivity contribution >= 4 is 23.4 Å². The zero-order valence-electron chi connectivity index (χ0n) is 20.1. The average Bonchev–Trinajstić information content (AvgIpc) is 3.16. The topological polar surface area (TPSA) is 77.1 Å². The zero-order valence-corrected chi connectivity index (χ0v) is 20.8. The van der Waals surface area contributed by atoms with Crippen LogP contribution >= 0.6 is 11.6 Å². The molecule has 2 atom stereocenters. The van der Waals surface area contributed by atoms with Gasteiger partial charge >= 0.3 is 0 Å². The Bertz CT molecular complexity index is 991. The van der Waals surface area contributed by atoms with Crippen molar-refractivity contribution in [3.05, 3.63) is 54.1 Å². The van der Waals surface area contributed by atoms with Gasteiger partial charge in [0.2, 0.25) is 11.8 Å². The van der Waals surface area contributed by atoms with Crippen LogP contribution in [0.4, 0.5) is 0 Å². The van der Waals surface area contributed by atoms with Gasteiger partial charge in [0.15, 0.2) is 17.6 Å². The summed E-state index contributed by atoms with van der Waals surface area (Å²) in [6, 6.07) is 13.9. The smallest absolute Gasteiger partial charge is 0.247 e. The molecule has 35 heavy (non-hydrogen) atoms.